The van der Waals surface area contributed by atoms with E-state index in [9.17, 15) is 0 Å². The number of nitrogens with one attached hydrogen (secondary N) is 1. The number of aliphatic hydroxyl groups is 1. The number of aliphatic hydroxyl groups excluding tert-OH is 1. The maximum absolute atomic E-state index is 8.48. The van der Waals surface area contributed by atoms with Crippen LogP contribution >= 0.6 is 0 Å². The molecule has 1 aliphatic heterocycles. The Balaban J connectivity index is 2.09. The van der Waals surface area contributed by atoms with Gasteiger partial charge >= 0.3 is 0 Å². The van der Waals surface area contributed by atoms with Gasteiger partial charge in [0, 0.05) is 32.6 Å². The second kappa shape index (κ2) is 6.01. The van der Waals surface area contributed by atoms with Gasteiger partial charge in [0.15, 0.2) is 0 Å². The van der Waals surface area contributed by atoms with Gasteiger partial charge in [0.2, 0.25) is 0 Å². The summed E-state index contributed by atoms with van der Waals surface area (Å²) in [5, 5.41) is 11.8. The van der Waals surface area contributed by atoms with Crippen LogP contribution in [0.15, 0.2) is 0 Å². The predicted octanol–water partition coefficient (Wildman–Crippen LogP) is -0.723. The molecule has 2 N–H and O–H groups in total. The summed E-state index contributed by atoms with van der Waals surface area (Å²) in [7, 11) is 0. The smallest absolute Gasteiger partial charge is 0.0602 e. The van der Waals surface area contributed by atoms with Crippen molar-refractivity contribution in [1.82, 2.24) is 10.2 Å². The van der Waals surface area contributed by atoms with Gasteiger partial charge in [0.05, 0.1) is 13.2 Å². The fourth-order valence-electron chi connectivity index (χ4n) is 1.18. The topological polar surface area (TPSA) is 35.5 Å². The zero-order valence-electron chi connectivity index (χ0n) is 7.34. The first kappa shape index (κ1) is 9.53. The Kier molecular flexibility index (Phi) is 4.77. The van der Waals surface area contributed by atoms with Crippen molar-refractivity contribution in [2.24, 2.45) is 0 Å². The van der Waals surface area contributed by atoms with E-state index in [0.29, 0.717) is 6.42 Å². The van der Waals surface area contributed by atoms with Gasteiger partial charge in [-0.1, -0.05) is 11.8 Å². The standard InChI is InChI=1S/C9H16N2O/c12-9-3-1-2-6-11-7-4-10-5-8-11/h10,12H,3-9H2. The molecule has 1 saturated heterocycles. The van der Waals surface area contributed by atoms with Crippen molar-refractivity contribution >= 4 is 0 Å². The van der Waals surface area contributed by atoms with E-state index in [0.717, 1.165) is 32.7 Å². The van der Waals surface area contributed by atoms with Crippen LogP contribution in [-0.2, 0) is 0 Å². The maximum atomic E-state index is 8.48. The normalized spacial score (nSPS) is 18.4. The van der Waals surface area contributed by atoms with Gasteiger partial charge in [-0.15, -0.1) is 0 Å². The molecule has 1 fully saturated rings. The molecule has 0 saturated carbocycles. The van der Waals surface area contributed by atoms with Crippen LogP contribution in [0.1, 0.15) is 6.42 Å². The van der Waals surface area contributed by atoms with Crippen molar-refractivity contribution in [2.45, 2.75) is 6.42 Å². The second-order valence-electron chi connectivity index (χ2n) is 2.85. The van der Waals surface area contributed by atoms with Crippen molar-refractivity contribution in [2.75, 3.05) is 39.3 Å². The van der Waals surface area contributed by atoms with E-state index in [1.54, 1.807) is 0 Å². The molecule has 0 spiro atoms. The molecule has 0 aromatic carbocycles. The molecule has 3 heteroatoms. The third-order valence-electron chi connectivity index (χ3n) is 1.87. The molecule has 1 heterocycles. The highest BCUT2D eigenvalue weighted by atomic mass is 16.2. The fraction of sp³-hybridized carbons (Fsp3) is 0.778. The van der Waals surface area contributed by atoms with Gasteiger partial charge in [-0.3, -0.25) is 4.90 Å². The maximum Gasteiger partial charge on any atom is 0.0602 e. The minimum atomic E-state index is 0.175. The van der Waals surface area contributed by atoms with Gasteiger partial charge in [0.25, 0.3) is 0 Å². The Morgan fingerprint density at radius 1 is 1.25 bits per heavy atom. The van der Waals surface area contributed by atoms with Crippen LogP contribution in [0.4, 0.5) is 0 Å². The van der Waals surface area contributed by atoms with E-state index in [-0.39, 0.29) is 6.61 Å². The van der Waals surface area contributed by atoms with Crippen LogP contribution in [0.5, 0.6) is 0 Å². The largest absolute Gasteiger partial charge is 0.395 e. The van der Waals surface area contributed by atoms with Crippen molar-refractivity contribution in [3.05, 3.63) is 0 Å². The molecule has 0 radical (unpaired) electrons. The SMILES string of the molecule is OCCC#CCN1CCNCC1. The van der Waals surface area contributed by atoms with Gasteiger partial charge in [-0.25, -0.2) is 0 Å². The Bertz CT molecular complexity index is 165. The van der Waals surface area contributed by atoms with Gasteiger partial charge in [-0.2, -0.15) is 0 Å². The molecule has 68 valence electrons. The number of piperazine rings is 1. The van der Waals surface area contributed by atoms with E-state index in [4.69, 9.17) is 5.11 Å². The van der Waals surface area contributed by atoms with E-state index >= 15 is 0 Å². The van der Waals surface area contributed by atoms with Crippen LogP contribution < -0.4 is 5.32 Å². The lowest BCUT2D eigenvalue weighted by molar-refractivity contribution is 0.268. The zero-order chi connectivity index (χ0) is 8.65. The van der Waals surface area contributed by atoms with Crippen LogP contribution in [0.2, 0.25) is 0 Å². The van der Waals surface area contributed by atoms with Crippen molar-refractivity contribution in [3.8, 4) is 11.8 Å². The number of hydrogen-bond donors (Lipinski definition) is 2. The Hall–Kier alpha value is -0.560. The summed E-state index contributed by atoms with van der Waals surface area (Å²) >= 11 is 0. The van der Waals surface area contributed by atoms with Crippen LogP contribution in [-0.4, -0.2) is 49.3 Å². The molecular formula is C9H16N2O. The first-order valence-corrected chi connectivity index (χ1v) is 4.43. The molecule has 0 aromatic rings. The first-order valence-electron chi connectivity index (χ1n) is 4.43. The van der Waals surface area contributed by atoms with E-state index < -0.39 is 0 Å². The Morgan fingerprint density at radius 3 is 2.67 bits per heavy atom. The second-order valence-corrected chi connectivity index (χ2v) is 2.85. The van der Waals surface area contributed by atoms with Gasteiger partial charge in [0.1, 0.15) is 0 Å². The molecule has 0 atom stereocenters. The molecule has 12 heavy (non-hydrogen) atoms. The molecule has 0 amide bonds. The minimum Gasteiger partial charge on any atom is -0.395 e. The number of rotatable bonds is 2. The van der Waals surface area contributed by atoms with Crippen molar-refractivity contribution in [3.63, 3.8) is 0 Å². The molecular weight excluding hydrogens is 152 g/mol. The lowest BCUT2D eigenvalue weighted by Crippen LogP contribution is -2.43. The lowest BCUT2D eigenvalue weighted by atomic mass is 10.3. The van der Waals surface area contributed by atoms with Gasteiger partial charge in [-0.05, 0) is 0 Å². The summed E-state index contributed by atoms with van der Waals surface area (Å²) in [6.07, 6.45) is 0.603. The summed E-state index contributed by atoms with van der Waals surface area (Å²) < 4.78 is 0. The molecule has 3 nitrogen and oxygen atoms in total. The summed E-state index contributed by atoms with van der Waals surface area (Å²) in [6, 6.07) is 0. The molecule has 0 bridgehead atoms. The molecule has 1 rings (SSSR count). The fourth-order valence-corrected chi connectivity index (χ4v) is 1.18. The highest BCUT2D eigenvalue weighted by Gasteiger charge is 2.06. The molecule has 0 unspecified atom stereocenters. The summed E-state index contributed by atoms with van der Waals surface area (Å²) in [5.74, 6) is 5.96. The average Bonchev–Trinajstić information content (AvgIpc) is 2.14. The lowest BCUT2D eigenvalue weighted by Gasteiger charge is -2.24. The molecule has 0 aliphatic carbocycles. The highest BCUT2D eigenvalue weighted by Crippen LogP contribution is 1.89. The third kappa shape index (κ3) is 3.72. The summed E-state index contributed by atoms with van der Waals surface area (Å²) in [4.78, 5) is 2.32. The predicted molar refractivity (Wildman–Crippen MR) is 48.8 cm³/mol. The molecule has 0 aromatic heterocycles. The summed E-state index contributed by atoms with van der Waals surface area (Å²) in [6.45, 7) is 5.35. The van der Waals surface area contributed by atoms with Gasteiger partial charge < -0.3 is 10.4 Å². The van der Waals surface area contributed by atoms with Crippen LogP contribution in [0.25, 0.3) is 0 Å². The minimum absolute atomic E-state index is 0.175. The quantitative estimate of drug-likeness (QED) is 0.534. The number of nitrogens with zero attached hydrogens (tertiary/aromatic N) is 1. The zero-order valence-corrected chi connectivity index (χ0v) is 7.34. The molecule has 1 aliphatic rings. The average molecular weight is 168 g/mol. The van der Waals surface area contributed by atoms with E-state index in [1.165, 1.54) is 0 Å². The van der Waals surface area contributed by atoms with E-state index in [1.807, 2.05) is 0 Å². The Labute approximate surface area is 73.8 Å². The van der Waals surface area contributed by atoms with Crippen molar-refractivity contribution in [1.29, 1.82) is 0 Å². The van der Waals surface area contributed by atoms with E-state index in [2.05, 4.69) is 22.1 Å². The summed E-state index contributed by atoms with van der Waals surface area (Å²) in [5.41, 5.74) is 0. The third-order valence-corrected chi connectivity index (χ3v) is 1.87. The van der Waals surface area contributed by atoms with Crippen LogP contribution in [0, 0.1) is 11.8 Å². The Morgan fingerprint density at radius 2 is 2.00 bits per heavy atom. The van der Waals surface area contributed by atoms with Crippen molar-refractivity contribution < 1.29 is 5.11 Å². The van der Waals surface area contributed by atoms with Crippen LogP contribution in [0.3, 0.4) is 0 Å². The first-order chi connectivity index (χ1) is 5.93. The highest BCUT2D eigenvalue weighted by molar-refractivity contribution is 5.01. The monoisotopic (exact) mass is 168 g/mol. The number of hydrogen-bond acceptors (Lipinski definition) is 3.